The summed E-state index contributed by atoms with van der Waals surface area (Å²) in [6.45, 7) is 3.48. The molecule has 2 aromatic carbocycles. The molecule has 1 aliphatic heterocycles. The second kappa shape index (κ2) is 11.6. The fraction of sp³-hybridized carbons (Fsp3) is 0.393. The Morgan fingerprint density at radius 3 is 2.51 bits per heavy atom. The topological polar surface area (TPSA) is 91.4 Å². The number of alkyl halides is 3. The average Bonchev–Trinajstić information content (AvgIpc) is 3.15. The summed E-state index contributed by atoms with van der Waals surface area (Å²) in [4.78, 5) is 22.9. The number of aryl methyl sites for hydroxylation is 2. The fourth-order valence-corrected chi connectivity index (χ4v) is 5.20. The first-order chi connectivity index (χ1) is 18.8. The van der Waals surface area contributed by atoms with Crippen LogP contribution >= 0.6 is 0 Å². The van der Waals surface area contributed by atoms with Crippen molar-refractivity contribution in [3.63, 3.8) is 0 Å². The first-order valence-electron chi connectivity index (χ1n) is 13.0. The molecule has 39 heavy (non-hydrogen) atoms. The highest BCUT2D eigenvalue weighted by atomic mass is 19.4. The number of anilines is 4. The van der Waals surface area contributed by atoms with Gasteiger partial charge < -0.3 is 20.7 Å². The molecule has 1 aromatic heterocycles. The second-order valence-electron chi connectivity index (χ2n) is 9.69. The molecule has 1 atom stereocenters. The monoisotopic (exact) mass is 540 g/mol. The maximum absolute atomic E-state index is 13.8. The van der Waals surface area contributed by atoms with Crippen molar-refractivity contribution in [3.8, 4) is 0 Å². The van der Waals surface area contributed by atoms with E-state index in [4.69, 9.17) is 4.74 Å². The lowest BCUT2D eigenvalue weighted by molar-refractivity contribution is -0.137. The number of halogens is 3. The number of hydrogen-bond acceptors (Lipinski definition) is 7. The van der Waals surface area contributed by atoms with Crippen molar-refractivity contribution in [1.29, 1.82) is 0 Å². The molecule has 206 valence electrons. The number of nitrogens with one attached hydrogen (secondary N) is 3. The molecule has 1 amide bonds. The number of carbonyl (C=O) groups is 1. The zero-order valence-electron chi connectivity index (χ0n) is 21.6. The van der Waals surface area contributed by atoms with E-state index in [0.717, 1.165) is 58.2 Å². The van der Waals surface area contributed by atoms with Gasteiger partial charge in [0.1, 0.15) is 11.4 Å². The Morgan fingerprint density at radius 1 is 1.03 bits per heavy atom. The van der Waals surface area contributed by atoms with Crippen LogP contribution in [0.2, 0.25) is 0 Å². The number of para-hydroxylation sites is 1. The summed E-state index contributed by atoms with van der Waals surface area (Å²) in [6.07, 6.45) is 0.0952. The van der Waals surface area contributed by atoms with E-state index in [-0.39, 0.29) is 17.2 Å². The van der Waals surface area contributed by atoms with Crippen LogP contribution in [0.25, 0.3) is 0 Å². The van der Waals surface area contributed by atoms with Gasteiger partial charge in [0.25, 0.3) is 5.91 Å². The molecule has 5 rings (SSSR count). The average molecular weight is 541 g/mol. The lowest BCUT2D eigenvalue weighted by Gasteiger charge is -2.33. The number of amides is 1. The van der Waals surface area contributed by atoms with Gasteiger partial charge in [0.05, 0.1) is 24.5 Å². The van der Waals surface area contributed by atoms with Crippen LogP contribution in [-0.2, 0) is 23.8 Å². The van der Waals surface area contributed by atoms with Gasteiger partial charge in [-0.3, -0.25) is 9.69 Å². The molecule has 11 heteroatoms. The Morgan fingerprint density at radius 2 is 1.77 bits per heavy atom. The molecule has 1 aliphatic carbocycles. The maximum atomic E-state index is 13.8. The third-order valence-corrected chi connectivity index (χ3v) is 7.26. The smallest absolute Gasteiger partial charge is 0.379 e. The number of morpholine rings is 1. The van der Waals surface area contributed by atoms with E-state index in [0.29, 0.717) is 11.7 Å². The Kier molecular flexibility index (Phi) is 7.99. The molecule has 3 aromatic rings. The van der Waals surface area contributed by atoms with Crippen molar-refractivity contribution < 1.29 is 22.7 Å². The Labute approximate surface area is 225 Å². The molecular formula is C28H31F3N6O2. The standard InChI is InChI=1S/C28H31F3N6O2/c1-32-26(38)22-4-2-3-5-24(22)35-25-23(28(29,30)31)17-33-27(36-25)34-20-9-6-18-7-10-21(11-8-19(18)16-20)37-12-14-39-15-13-37/h2-6,9,16-17,21H,7-8,10-15H2,1H3,(H,32,38)(H2,33,34,35,36). The fourth-order valence-electron chi connectivity index (χ4n) is 5.20. The number of nitrogens with zero attached hydrogens (tertiary/aromatic N) is 3. The molecule has 1 unspecified atom stereocenters. The van der Waals surface area contributed by atoms with Crippen LogP contribution in [0.5, 0.6) is 0 Å². The zero-order valence-corrected chi connectivity index (χ0v) is 21.6. The number of rotatable bonds is 6. The summed E-state index contributed by atoms with van der Waals surface area (Å²) >= 11 is 0. The predicted octanol–water partition coefficient (Wildman–Crippen LogP) is 4.92. The molecule has 1 fully saturated rings. The molecule has 0 radical (unpaired) electrons. The molecule has 3 N–H and O–H groups in total. The Balaban J connectivity index is 1.37. The van der Waals surface area contributed by atoms with Gasteiger partial charge in [-0.15, -0.1) is 0 Å². The SMILES string of the molecule is CNC(=O)c1ccccc1Nc1nc(Nc2ccc3c(c2)CCC(N2CCOCC2)CC3)ncc1C(F)(F)F. The van der Waals surface area contributed by atoms with Crippen molar-refractivity contribution in [3.05, 3.63) is 70.9 Å². The molecule has 8 nitrogen and oxygen atoms in total. The third-order valence-electron chi connectivity index (χ3n) is 7.26. The lowest BCUT2D eigenvalue weighted by Crippen LogP contribution is -2.43. The van der Waals surface area contributed by atoms with Gasteiger partial charge in [0.15, 0.2) is 0 Å². The number of fused-ring (bicyclic) bond motifs is 1. The predicted molar refractivity (Wildman–Crippen MR) is 143 cm³/mol. The Hall–Kier alpha value is -3.70. The number of aromatic nitrogens is 2. The normalized spacial score (nSPS) is 18.1. The molecule has 1 saturated heterocycles. The van der Waals surface area contributed by atoms with Gasteiger partial charge in [0, 0.05) is 38.1 Å². The van der Waals surface area contributed by atoms with Crippen molar-refractivity contribution in [1.82, 2.24) is 20.2 Å². The molecule has 0 bridgehead atoms. The van der Waals surface area contributed by atoms with E-state index in [1.54, 1.807) is 12.1 Å². The maximum Gasteiger partial charge on any atom is 0.421 e. The zero-order chi connectivity index (χ0) is 27.4. The van der Waals surface area contributed by atoms with Gasteiger partial charge in [-0.25, -0.2) is 4.98 Å². The largest absolute Gasteiger partial charge is 0.421 e. The lowest BCUT2D eigenvalue weighted by atomic mass is 10.0. The van der Waals surface area contributed by atoms with Crippen LogP contribution in [0.1, 0.15) is 39.9 Å². The third kappa shape index (κ3) is 6.31. The highest BCUT2D eigenvalue weighted by Gasteiger charge is 2.35. The van der Waals surface area contributed by atoms with Gasteiger partial charge >= 0.3 is 6.18 Å². The highest BCUT2D eigenvalue weighted by Crippen LogP contribution is 2.36. The van der Waals surface area contributed by atoms with Crippen LogP contribution < -0.4 is 16.0 Å². The number of ether oxygens (including phenoxy) is 1. The van der Waals surface area contributed by atoms with Crippen molar-refractivity contribution in [2.75, 3.05) is 44.0 Å². The minimum absolute atomic E-state index is 0.0164. The van der Waals surface area contributed by atoms with E-state index in [1.165, 1.54) is 30.3 Å². The summed E-state index contributed by atoms with van der Waals surface area (Å²) in [5.74, 6) is -0.859. The van der Waals surface area contributed by atoms with E-state index >= 15 is 0 Å². The molecule has 2 aliphatic rings. The highest BCUT2D eigenvalue weighted by molar-refractivity contribution is 6.00. The summed E-state index contributed by atoms with van der Waals surface area (Å²) in [5.41, 5.74) is 2.58. The number of carbonyl (C=O) groups excluding carboxylic acids is 1. The van der Waals surface area contributed by atoms with Crippen molar-refractivity contribution >= 4 is 29.0 Å². The molecule has 0 saturated carbocycles. The summed E-state index contributed by atoms with van der Waals surface area (Å²) in [5, 5.41) is 8.26. The number of hydrogen-bond donors (Lipinski definition) is 3. The van der Waals surface area contributed by atoms with Gasteiger partial charge in [0.2, 0.25) is 5.95 Å². The molecular weight excluding hydrogens is 509 g/mol. The quantitative estimate of drug-likeness (QED) is 0.382. The van der Waals surface area contributed by atoms with Crippen LogP contribution in [0.15, 0.2) is 48.7 Å². The van der Waals surface area contributed by atoms with Crippen molar-refractivity contribution in [2.45, 2.75) is 37.9 Å². The molecule has 2 heterocycles. The van der Waals surface area contributed by atoms with E-state index in [2.05, 4.69) is 36.9 Å². The van der Waals surface area contributed by atoms with Gasteiger partial charge in [-0.05, 0) is 61.1 Å². The van der Waals surface area contributed by atoms with Crippen LogP contribution in [-0.4, -0.2) is 60.2 Å². The van der Waals surface area contributed by atoms with Gasteiger partial charge in [-0.1, -0.05) is 18.2 Å². The van der Waals surface area contributed by atoms with Crippen LogP contribution in [0.4, 0.5) is 36.3 Å². The first-order valence-corrected chi connectivity index (χ1v) is 13.0. The van der Waals surface area contributed by atoms with Gasteiger partial charge in [-0.2, -0.15) is 18.2 Å². The minimum atomic E-state index is -4.69. The van der Waals surface area contributed by atoms with Crippen LogP contribution in [0.3, 0.4) is 0 Å². The Bertz CT molecular complexity index is 1330. The summed E-state index contributed by atoms with van der Waals surface area (Å²) < 4.78 is 46.9. The van der Waals surface area contributed by atoms with E-state index < -0.39 is 23.5 Å². The molecule has 0 spiro atoms. The second-order valence-corrected chi connectivity index (χ2v) is 9.69. The van der Waals surface area contributed by atoms with Crippen molar-refractivity contribution in [2.24, 2.45) is 0 Å². The van der Waals surface area contributed by atoms with E-state index in [1.807, 2.05) is 12.1 Å². The first kappa shape index (κ1) is 26.9. The minimum Gasteiger partial charge on any atom is -0.379 e. The van der Waals surface area contributed by atoms with Crippen LogP contribution in [0, 0.1) is 0 Å². The number of benzene rings is 2. The van der Waals surface area contributed by atoms with E-state index in [9.17, 15) is 18.0 Å². The summed E-state index contributed by atoms with van der Waals surface area (Å²) in [7, 11) is 1.45. The summed E-state index contributed by atoms with van der Waals surface area (Å²) in [6, 6.07) is 12.8.